The van der Waals surface area contributed by atoms with E-state index in [0.29, 0.717) is 11.3 Å². The van der Waals surface area contributed by atoms with Crippen LogP contribution in [0, 0.1) is 11.8 Å². The number of rotatable bonds is 7. The number of carboxylic acids is 1. The Morgan fingerprint density at radius 3 is 2.59 bits per heavy atom. The maximum absolute atomic E-state index is 13.2. The molecule has 8 nitrogen and oxygen atoms in total. The van der Waals surface area contributed by atoms with Crippen molar-refractivity contribution in [2.75, 3.05) is 19.1 Å². The second-order valence-corrected chi connectivity index (χ2v) is 8.67. The Labute approximate surface area is 173 Å². The number of imide groups is 1. The van der Waals surface area contributed by atoms with Gasteiger partial charge in [0.25, 0.3) is 0 Å². The summed E-state index contributed by atoms with van der Waals surface area (Å²) in [4.78, 5) is 40.0. The molecule has 0 saturated carbocycles. The van der Waals surface area contributed by atoms with Crippen LogP contribution in [0.4, 0.5) is 0 Å². The highest BCUT2D eigenvalue weighted by Gasteiger charge is 2.68. The van der Waals surface area contributed by atoms with Gasteiger partial charge in [0, 0.05) is 17.6 Å². The number of fused-ring (bicyclic) bond motifs is 1. The molecule has 158 valence electrons. The van der Waals surface area contributed by atoms with Gasteiger partial charge in [-0.3, -0.25) is 24.6 Å². The fourth-order valence-electron chi connectivity index (χ4n) is 4.55. The molecule has 2 aliphatic rings. The van der Waals surface area contributed by atoms with E-state index in [9.17, 15) is 24.6 Å². The van der Waals surface area contributed by atoms with Crippen molar-refractivity contribution in [2.24, 2.45) is 11.8 Å². The molecule has 0 aromatic heterocycles. The molecule has 0 aliphatic carbocycles. The zero-order valence-electron chi connectivity index (χ0n) is 16.8. The lowest BCUT2D eigenvalue weighted by Gasteiger charge is -2.32. The molecular formula is C20H26N2O6S. The number of ether oxygens (including phenoxy) is 1. The summed E-state index contributed by atoms with van der Waals surface area (Å²) in [6.07, 6.45) is 2.03. The topological polar surface area (TPSA) is 116 Å². The average Bonchev–Trinajstić information content (AvgIpc) is 3.15. The van der Waals surface area contributed by atoms with Gasteiger partial charge in [-0.05, 0) is 38.3 Å². The van der Waals surface area contributed by atoms with E-state index in [-0.39, 0.29) is 24.0 Å². The predicted molar refractivity (Wildman–Crippen MR) is 108 cm³/mol. The zero-order valence-corrected chi connectivity index (χ0v) is 17.7. The number of nitrogens with one attached hydrogen (secondary N) is 1. The van der Waals surface area contributed by atoms with Gasteiger partial charge in [0.05, 0.1) is 18.9 Å². The largest absolute Gasteiger partial charge is 0.504 e. The fourth-order valence-corrected chi connectivity index (χ4v) is 5.08. The first-order valence-electron chi connectivity index (χ1n) is 9.44. The lowest BCUT2D eigenvalue weighted by molar-refractivity contribution is -0.152. The molecule has 0 spiro atoms. The van der Waals surface area contributed by atoms with Gasteiger partial charge in [-0.2, -0.15) is 11.8 Å². The Kier molecular flexibility index (Phi) is 5.82. The predicted octanol–water partition coefficient (Wildman–Crippen LogP) is 1.63. The van der Waals surface area contributed by atoms with Crippen molar-refractivity contribution in [3.63, 3.8) is 0 Å². The molecule has 9 heteroatoms. The molecule has 29 heavy (non-hydrogen) atoms. The van der Waals surface area contributed by atoms with Gasteiger partial charge in [0.15, 0.2) is 11.5 Å². The molecule has 0 radical (unpaired) electrons. The summed E-state index contributed by atoms with van der Waals surface area (Å²) in [6, 6.07) is 3.65. The maximum Gasteiger partial charge on any atom is 0.324 e. The molecule has 2 fully saturated rings. The number of carboxylic acid groups (broad SMARTS) is 1. The summed E-state index contributed by atoms with van der Waals surface area (Å²) in [6.45, 7) is 3.46. The zero-order chi connectivity index (χ0) is 21.5. The third kappa shape index (κ3) is 3.16. The number of amides is 2. The van der Waals surface area contributed by atoms with Crippen LogP contribution in [0.15, 0.2) is 18.2 Å². The van der Waals surface area contributed by atoms with Gasteiger partial charge in [-0.1, -0.05) is 12.1 Å². The highest BCUT2D eigenvalue weighted by molar-refractivity contribution is 7.98. The van der Waals surface area contributed by atoms with E-state index in [0.717, 1.165) is 4.90 Å². The Hall–Kier alpha value is -2.26. The molecule has 2 amide bonds. The molecule has 2 saturated heterocycles. The number of hydrogen-bond acceptors (Lipinski definition) is 7. The van der Waals surface area contributed by atoms with Crippen LogP contribution < -0.4 is 10.1 Å². The number of para-hydroxylation sites is 1. The van der Waals surface area contributed by atoms with Crippen molar-refractivity contribution < 1.29 is 29.3 Å². The van der Waals surface area contributed by atoms with Crippen molar-refractivity contribution in [1.82, 2.24) is 10.2 Å². The number of hydrogen-bond donors (Lipinski definition) is 3. The number of methoxy groups -OCH3 is 1. The van der Waals surface area contributed by atoms with Crippen molar-refractivity contribution in [1.29, 1.82) is 0 Å². The maximum atomic E-state index is 13.2. The summed E-state index contributed by atoms with van der Waals surface area (Å²) in [7, 11) is 1.41. The Bertz CT molecular complexity index is 844. The Morgan fingerprint density at radius 1 is 1.34 bits per heavy atom. The number of likely N-dealkylation sites (tertiary alicyclic amines) is 1. The van der Waals surface area contributed by atoms with E-state index < -0.39 is 41.2 Å². The van der Waals surface area contributed by atoms with Crippen LogP contribution in [-0.4, -0.2) is 63.6 Å². The van der Waals surface area contributed by atoms with Gasteiger partial charge in [0.2, 0.25) is 11.8 Å². The van der Waals surface area contributed by atoms with Crippen LogP contribution in [-0.2, 0) is 14.4 Å². The SMILES string of the molecule is COc1cccc([C@@H]2N[C@](CCSC)(C(=O)O)[C@@H]3C(=O)N(C(C)C)C(=O)[C@H]32)c1O. The molecule has 4 atom stereocenters. The minimum absolute atomic E-state index is 0.166. The van der Waals surface area contributed by atoms with E-state index in [1.54, 1.807) is 32.0 Å². The van der Waals surface area contributed by atoms with Crippen LogP contribution >= 0.6 is 11.8 Å². The van der Waals surface area contributed by atoms with Crippen LogP contribution in [0.5, 0.6) is 11.5 Å². The molecule has 0 unspecified atom stereocenters. The molecule has 2 aliphatic heterocycles. The first-order valence-corrected chi connectivity index (χ1v) is 10.8. The number of phenolic OH excluding ortho intramolecular Hbond substituents is 1. The third-order valence-corrected chi connectivity index (χ3v) is 6.48. The first kappa shape index (κ1) is 21.4. The summed E-state index contributed by atoms with van der Waals surface area (Å²) in [5, 5.41) is 23.9. The summed E-state index contributed by atoms with van der Waals surface area (Å²) < 4.78 is 5.17. The van der Waals surface area contributed by atoms with E-state index in [1.807, 2.05) is 6.26 Å². The minimum Gasteiger partial charge on any atom is -0.504 e. The van der Waals surface area contributed by atoms with Gasteiger partial charge < -0.3 is 14.9 Å². The lowest BCUT2D eigenvalue weighted by atomic mass is 9.78. The van der Waals surface area contributed by atoms with Crippen LogP contribution in [0.2, 0.25) is 0 Å². The van der Waals surface area contributed by atoms with Crippen molar-refractivity contribution in [2.45, 2.75) is 37.9 Å². The lowest BCUT2D eigenvalue weighted by Crippen LogP contribution is -2.56. The molecule has 3 N–H and O–H groups in total. The van der Waals surface area contributed by atoms with Gasteiger partial charge in [-0.15, -0.1) is 0 Å². The number of aromatic hydroxyl groups is 1. The number of thioether (sulfide) groups is 1. The van der Waals surface area contributed by atoms with Crippen LogP contribution in [0.1, 0.15) is 31.9 Å². The number of phenols is 1. The normalized spacial score (nSPS) is 28.9. The average molecular weight is 423 g/mol. The number of aliphatic carboxylic acids is 1. The van der Waals surface area contributed by atoms with Crippen LogP contribution in [0.25, 0.3) is 0 Å². The standard InChI is InChI=1S/C20H26N2O6S/c1-10(2)22-17(24)13-14(18(22)25)20(19(26)27,8-9-29-4)21-15(13)11-6-5-7-12(28-3)16(11)23/h5-7,10,13-15,21,23H,8-9H2,1-4H3,(H,26,27)/t13-,14+,15+,20+/m1/s1. The second-order valence-electron chi connectivity index (χ2n) is 7.68. The van der Waals surface area contributed by atoms with E-state index >= 15 is 0 Å². The minimum atomic E-state index is -1.59. The fraction of sp³-hybridized carbons (Fsp3) is 0.550. The van der Waals surface area contributed by atoms with Gasteiger partial charge in [-0.25, -0.2) is 0 Å². The summed E-state index contributed by atoms with van der Waals surface area (Å²) in [5.41, 5.74) is -1.25. The van der Waals surface area contributed by atoms with Gasteiger partial charge >= 0.3 is 5.97 Å². The van der Waals surface area contributed by atoms with Crippen molar-refractivity contribution >= 4 is 29.5 Å². The smallest absolute Gasteiger partial charge is 0.324 e. The Balaban J connectivity index is 2.18. The summed E-state index contributed by atoms with van der Waals surface area (Å²) >= 11 is 1.47. The third-order valence-electron chi connectivity index (χ3n) is 5.87. The van der Waals surface area contributed by atoms with E-state index in [2.05, 4.69) is 5.32 Å². The number of carbonyl (C=O) groups excluding carboxylic acids is 2. The highest BCUT2D eigenvalue weighted by atomic mass is 32.2. The molecule has 1 aromatic carbocycles. The van der Waals surface area contributed by atoms with Crippen LogP contribution in [0.3, 0.4) is 0 Å². The van der Waals surface area contributed by atoms with Gasteiger partial charge in [0.1, 0.15) is 5.54 Å². The molecule has 0 bridgehead atoms. The number of carbonyl (C=O) groups is 3. The highest BCUT2D eigenvalue weighted by Crippen LogP contribution is 2.52. The number of benzene rings is 1. The van der Waals surface area contributed by atoms with E-state index in [1.165, 1.54) is 18.9 Å². The second kappa shape index (κ2) is 7.87. The van der Waals surface area contributed by atoms with Crippen molar-refractivity contribution in [3.05, 3.63) is 23.8 Å². The molecule has 3 rings (SSSR count). The molecular weight excluding hydrogens is 396 g/mol. The van der Waals surface area contributed by atoms with E-state index in [4.69, 9.17) is 4.74 Å². The summed E-state index contributed by atoms with van der Waals surface area (Å²) in [5.74, 6) is -3.46. The molecule has 1 aromatic rings. The number of nitrogens with zero attached hydrogens (tertiary/aromatic N) is 1. The van der Waals surface area contributed by atoms with Crippen molar-refractivity contribution in [3.8, 4) is 11.5 Å². The monoisotopic (exact) mass is 422 g/mol. The first-order chi connectivity index (χ1) is 13.7. The Morgan fingerprint density at radius 2 is 2.03 bits per heavy atom. The molecule has 2 heterocycles. The quantitative estimate of drug-likeness (QED) is 0.568.